The van der Waals surface area contributed by atoms with Crippen LogP contribution in [0.3, 0.4) is 0 Å². The number of hydrogen-bond donors (Lipinski definition) is 0. The van der Waals surface area contributed by atoms with E-state index in [9.17, 15) is 23.3 Å². The number of rotatable bonds is 5. The molecule has 0 radical (unpaired) electrons. The number of aromatic nitrogens is 1. The Balaban J connectivity index is 1.76. The number of nitrogens with zero attached hydrogens (tertiary/aromatic N) is 3. The maximum Gasteiger partial charge on any atom is 0.433 e. The molecule has 0 saturated carbocycles. The summed E-state index contributed by atoms with van der Waals surface area (Å²) in [6.45, 7) is 1.30. The summed E-state index contributed by atoms with van der Waals surface area (Å²) >= 11 is 3.18. The second-order valence-electron chi connectivity index (χ2n) is 6.16. The third-order valence-electron chi connectivity index (χ3n) is 4.13. The molecule has 0 amide bonds. The summed E-state index contributed by atoms with van der Waals surface area (Å²) in [7, 11) is 0. The topological polar surface area (TPSA) is 77.7 Å². The lowest BCUT2D eigenvalue weighted by Gasteiger charge is -2.26. The fourth-order valence-corrected chi connectivity index (χ4v) is 3.10. The maximum absolute atomic E-state index is 13.5. The van der Waals surface area contributed by atoms with Gasteiger partial charge in [-0.2, -0.15) is 13.2 Å². The van der Waals surface area contributed by atoms with Gasteiger partial charge in [0, 0.05) is 17.3 Å². The molecule has 1 aromatic heterocycles. The van der Waals surface area contributed by atoms with Gasteiger partial charge in [-0.3, -0.25) is 10.1 Å². The Bertz CT molecular complexity index is 864. The Morgan fingerprint density at radius 2 is 2.14 bits per heavy atom. The monoisotopic (exact) mass is 461 g/mol. The molecule has 28 heavy (non-hydrogen) atoms. The molecular weight excluding hydrogens is 447 g/mol. The maximum atomic E-state index is 13.5. The number of alkyl halides is 3. The SMILES string of the molecule is Cc1cc(N2CC(COc3ccc(Br)nc3)OC2C(F)(F)F)ccc1[N+](=O)[O-]. The first-order valence-electron chi connectivity index (χ1n) is 8.13. The second-order valence-corrected chi connectivity index (χ2v) is 6.97. The van der Waals surface area contributed by atoms with Gasteiger partial charge in [0.05, 0.1) is 17.7 Å². The van der Waals surface area contributed by atoms with E-state index in [1.807, 2.05) is 0 Å². The number of nitro groups is 1. The summed E-state index contributed by atoms with van der Waals surface area (Å²) in [4.78, 5) is 15.4. The average Bonchev–Trinajstić information content (AvgIpc) is 3.05. The number of hydrogen-bond acceptors (Lipinski definition) is 6. The molecular formula is C17H15BrF3N3O4. The van der Waals surface area contributed by atoms with Gasteiger partial charge >= 0.3 is 6.18 Å². The van der Waals surface area contributed by atoms with Crippen LogP contribution in [0.2, 0.25) is 0 Å². The minimum atomic E-state index is -4.64. The number of pyridine rings is 1. The van der Waals surface area contributed by atoms with Crippen molar-refractivity contribution >= 4 is 27.3 Å². The highest BCUT2D eigenvalue weighted by Crippen LogP contribution is 2.36. The Labute approximate surface area is 166 Å². The molecule has 1 fully saturated rings. The van der Waals surface area contributed by atoms with Gasteiger partial charge in [0.15, 0.2) is 0 Å². The van der Waals surface area contributed by atoms with Crippen molar-refractivity contribution in [1.82, 2.24) is 4.98 Å². The van der Waals surface area contributed by atoms with Gasteiger partial charge in [-0.1, -0.05) is 0 Å². The summed E-state index contributed by atoms with van der Waals surface area (Å²) in [6.07, 6.45) is -6.20. The molecule has 1 aromatic carbocycles. The number of benzene rings is 1. The zero-order valence-corrected chi connectivity index (χ0v) is 16.1. The minimum Gasteiger partial charge on any atom is -0.489 e. The number of anilines is 1. The highest BCUT2D eigenvalue weighted by atomic mass is 79.9. The Kier molecular flexibility index (Phi) is 5.75. The van der Waals surface area contributed by atoms with Gasteiger partial charge in [-0.05, 0) is 47.1 Å². The van der Waals surface area contributed by atoms with Crippen LogP contribution in [0.25, 0.3) is 0 Å². The van der Waals surface area contributed by atoms with E-state index in [2.05, 4.69) is 20.9 Å². The summed E-state index contributed by atoms with van der Waals surface area (Å²) in [5.74, 6) is 0.403. The van der Waals surface area contributed by atoms with Crippen LogP contribution in [0.1, 0.15) is 5.56 Å². The standard InChI is InChI=1S/C17H15BrF3N3O4/c1-10-6-11(2-4-14(10)24(25)26)23-8-13(28-16(23)17(19,20)21)9-27-12-3-5-15(18)22-7-12/h2-7,13,16H,8-9H2,1H3. The van der Waals surface area contributed by atoms with Crippen molar-refractivity contribution in [3.63, 3.8) is 0 Å². The number of halogens is 4. The zero-order valence-electron chi connectivity index (χ0n) is 14.5. The average molecular weight is 462 g/mol. The van der Waals surface area contributed by atoms with Gasteiger partial charge in [-0.15, -0.1) is 0 Å². The van der Waals surface area contributed by atoms with Crippen LogP contribution in [-0.4, -0.2) is 41.6 Å². The Morgan fingerprint density at radius 1 is 1.39 bits per heavy atom. The van der Waals surface area contributed by atoms with Crippen molar-refractivity contribution in [3.8, 4) is 5.75 Å². The van der Waals surface area contributed by atoms with E-state index in [0.29, 0.717) is 10.4 Å². The number of nitro benzene ring substituents is 1. The molecule has 1 aliphatic heterocycles. The highest BCUT2D eigenvalue weighted by molar-refractivity contribution is 9.10. The van der Waals surface area contributed by atoms with Gasteiger partial charge in [0.1, 0.15) is 23.1 Å². The van der Waals surface area contributed by atoms with E-state index < -0.39 is 23.4 Å². The van der Waals surface area contributed by atoms with Gasteiger partial charge in [0.2, 0.25) is 6.23 Å². The predicted molar refractivity (Wildman–Crippen MR) is 97.3 cm³/mol. The third kappa shape index (κ3) is 4.53. The van der Waals surface area contributed by atoms with Crippen molar-refractivity contribution in [2.45, 2.75) is 25.4 Å². The molecule has 7 nitrogen and oxygen atoms in total. The van der Waals surface area contributed by atoms with Crippen molar-refractivity contribution in [2.75, 3.05) is 18.1 Å². The predicted octanol–water partition coefficient (Wildman–Crippen LogP) is 4.23. The number of aryl methyl sites for hydroxylation is 1. The highest BCUT2D eigenvalue weighted by Gasteiger charge is 2.51. The molecule has 0 aliphatic carbocycles. The lowest BCUT2D eigenvalue weighted by Crippen LogP contribution is -2.42. The van der Waals surface area contributed by atoms with Gasteiger partial charge < -0.3 is 14.4 Å². The van der Waals surface area contributed by atoms with E-state index >= 15 is 0 Å². The van der Waals surface area contributed by atoms with Crippen LogP contribution in [0.5, 0.6) is 5.75 Å². The minimum absolute atomic E-state index is 0.0780. The molecule has 2 heterocycles. The molecule has 2 aromatic rings. The molecule has 2 unspecified atom stereocenters. The first-order valence-corrected chi connectivity index (χ1v) is 8.92. The molecule has 3 rings (SSSR count). The van der Waals surface area contributed by atoms with E-state index in [0.717, 1.165) is 4.90 Å². The van der Waals surface area contributed by atoms with Crippen LogP contribution in [0.4, 0.5) is 24.5 Å². The van der Waals surface area contributed by atoms with Crippen molar-refractivity contribution < 1.29 is 27.6 Å². The summed E-state index contributed by atoms with van der Waals surface area (Å²) < 4.78 is 51.6. The molecule has 0 bridgehead atoms. The van der Waals surface area contributed by atoms with Crippen LogP contribution in [-0.2, 0) is 4.74 Å². The van der Waals surface area contributed by atoms with Crippen molar-refractivity contribution in [3.05, 3.63) is 56.8 Å². The molecule has 0 spiro atoms. The quantitative estimate of drug-likeness (QED) is 0.376. The van der Waals surface area contributed by atoms with Crippen LogP contribution in [0.15, 0.2) is 41.1 Å². The molecule has 150 valence electrons. The summed E-state index contributed by atoms with van der Waals surface area (Å²) in [6, 6.07) is 7.10. The zero-order chi connectivity index (χ0) is 20.5. The Morgan fingerprint density at radius 3 is 2.71 bits per heavy atom. The lowest BCUT2D eigenvalue weighted by molar-refractivity contribution is -0.385. The largest absolute Gasteiger partial charge is 0.489 e. The van der Waals surface area contributed by atoms with E-state index in [4.69, 9.17) is 9.47 Å². The third-order valence-corrected chi connectivity index (χ3v) is 4.60. The summed E-state index contributed by atoms with van der Waals surface area (Å²) in [5, 5.41) is 10.9. The first kappa shape index (κ1) is 20.3. The van der Waals surface area contributed by atoms with Crippen LogP contribution >= 0.6 is 15.9 Å². The van der Waals surface area contributed by atoms with Gasteiger partial charge in [0.25, 0.3) is 5.69 Å². The fourth-order valence-electron chi connectivity index (χ4n) is 2.86. The molecule has 0 N–H and O–H groups in total. The normalized spacial score (nSPS) is 19.7. The first-order chi connectivity index (χ1) is 13.1. The van der Waals surface area contributed by atoms with E-state index in [-0.39, 0.29) is 30.1 Å². The van der Waals surface area contributed by atoms with Crippen LogP contribution < -0.4 is 9.64 Å². The van der Waals surface area contributed by atoms with Gasteiger partial charge in [-0.25, -0.2) is 4.98 Å². The summed E-state index contributed by atoms with van der Waals surface area (Å²) in [5.41, 5.74) is 0.303. The smallest absolute Gasteiger partial charge is 0.433 e. The van der Waals surface area contributed by atoms with E-state index in [1.165, 1.54) is 31.3 Å². The van der Waals surface area contributed by atoms with E-state index in [1.54, 1.807) is 12.1 Å². The molecule has 2 atom stereocenters. The van der Waals surface area contributed by atoms with Crippen LogP contribution in [0, 0.1) is 17.0 Å². The second kappa shape index (κ2) is 7.92. The molecule has 11 heteroatoms. The number of ether oxygens (including phenoxy) is 2. The van der Waals surface area contributed by atoms with Crippen molar-refractivity contribution in [2.24, 2.45) is 0 Å². The van der Waals surface area contributed by atoms with Crippen molar-refractivity contribution in [1.29, 1.82) is 0 Å². The lowest BCUT2D eigenvalue weighted by atomic mass is 10.1. The Hall–Kier alpha value is -2.40. The molecule has 1 saturated heterocycles. The fraction of sp³-hybridized carbons (Fsp3) is 0.353. The molecule has 1 aliphatic rings.